The van der Waals surface area contributed by atoms with Crippen molar-refractivity contribution in [3.63, 3.8) is 0 Å². The third kappa shape index (κ3) is 4.06. The summed E-state index contributed by atoms with van der Waals surface area (Å²) in [5, 5.41) is 9.52. The van der Waals surface area contributed by atoms with Crippen molar-refractivity contribution in [2.24, 2.45) is 5.92 Å². The van der Waals surface area contributed by atoms with Gasteiger partial charge in [-0.2, -0.15) is 0 Å². The first-order valence-electron chi connectivity index (χ1n) is 9.15. The lowest BCUT2D eigenvalue weighted by molar-refractivity contribution is -0.143. The second-order valence-corrected chi connectivity index (χ2v) is 6.89. The molecule has 2 heterocycles. The number of aromatic nitrogens is 1. The average Bonchev–Trinajstić information content (AvgIpc) is 2.70. The minimum absolute atomic E-state index is 0.172. The maximum Gasteiger partial charge on any atom is 0.307 e. The Morgan fingerprint density at radius 2 is 2.11 bits per heavy atom. The highest BCUT2D eigenvalue weighted by Gasteiger charge is 2.34. The van der Waals surface area contributed by atoms with Gasteiger partial charge >= 0.3 is 5.97 Å². The third-order valence-electron chi connectivity index (χ3n) is 5.21. The highest BCUT2D eigenvalue weighted by atomic mass is 16.5. The van der Waals surface area contributed by atoms with E-state index in [4.69, 9.17) is 9.47 Å². The molecule has 0 amide bonds. The van der Waals surface area contributed by atoms with E-state index in [1.807, 2.05) is 37.3 Å². The molecule has 0 aliphatic carbocycles. The van der Waals surface area contributed by atoms with Crippen LogP contribution in [0.15, 0.2) is 36.5 Å². The molecule has 1 fully saturated rings. The predicted molar refractivity (Wildman–Crippen MR) is 102 cm³/mol. The number of carboxylic acids is 1. The topological polar surface area (TPSA) is 71.9 Å². The maximum atomic E-state index is 11.6. The molecule has 2 unspecified atom stereocenters. The number of ether oxygens (including phenoxy) is 2. The molecule has 1 aliphatic heterocycles. The minimum atomic E-state index is -0.738. The monoisotopic (exact) mass is 370 g/mol. The molecule has 0 radical (unpaired) electrons. The second-order valence-electron chi connectivity index (χ2n) is 6.89. The number of methoxy groups -OCH3 is 2. The van der Waals surface area contributed by atoms with Crippen molar-refractivity contribution in [3.05, 3.63) is 53.3 Å². The lowest BCUT2D eigenvalue weighted by Crippen LogP contribution is -2.41. The number of aryl methyl sites for hydroxylation is 1. The average molecular weight is 370 g/mol. The summed E-state index contributed by atoms with van der Waals surface area (Å²) in [7, 11) is 3.26. The first-order valence-corrected chi connectivity index (χ1v) is 9.15. The van der Waals surface area contributed by atoms with Crippen molar-refractivity contribution in [1.82, 2.24) is 9.88 Å². The molecule has 6 nitrogen and oxygen atoms in total. The Kier molecular flexibility index (Phi) is 5.96. The number of rotatable bonds is 6. The van der Waals surface area contributed by atoms with E-state index in [0.717, 1.165) is 29.8 Å². The van der Waals surface area contributed by atoms with Crippen molar-refractivity contribution in [2.75, 3.05) is 27.3 Å². The van der Waals surface area contributed by atoms with Gasteiger partial charge in [0.15, 0.2) is 0 Å². The van der Waals surface area contributed by atoms with Crippen LogP contribution in [0.2, 0.25) is 0 Å². The summed E-state index contributed by atoms with van der Waals surface area (Å²) in [4.78, 5) is 18.4. The van der Waals surface area contributed by atoms with E-state index in [2.05, 4.69) is 9.88 Å². The summed E-state index contributed by atoms with van der Waals surface area (Å²) in [6.45, 7) is 3.34. The molecule has 1 aromatic heterocycles. The van der Waals surface area contributed by atoms with Gasteiger partial charge in [0.2, 0.25) is 0 Å². The van der Waals surface area contributed by atoms with Crippen LogP contribution in [0.25, 0.3) is 0 Å². The third-order valence-corrected chi connectivity index (χ3v) is 5.21. The fourth-order valence-electron chi connectivity index (χ4n) is 3.79. The van der Waals surface area contributed by atoms with Crippen LogP contribution in [0.4, 0.5) is 0 Å². The van der Waals surface area contributed by atoms with Crippen LogP contribution in [0, 0.1) is 12.8 Å². The Labute approximate surface area is 159 Å². The van der Waals surface area contributed by atoms with Gasteiger partial charge in [-0.25, -0.2) is 0 Å². The number of pyridine rings is 1. The molecule has 0 saturated carbocycles. The highest BCUT2D eigenvalue weighted by molar-refractivity contribution is 5.70. The van der Waals surface area contributed by atoms with Gasteiger partial charge in [-0.05, 0) is 50.1 Å². The van der Waals surface area contributed by atoms with Crippen molar-refractivity contribution in [3.8, 4) is 11.5 Å². The van der Waals surface area contributed by atoms with Gasteiger partial charge < -0.3 is 14.6 Å². The van der Waals surface area contributed by atoms with Gasteiger partial charge in [0.05, 0.1) is 31.9 Å². The number of benzene rings is 1. The van der Waals surface area contributed by atoms with Crippen LogP contribution < -0.4 is 9.47 Å². The molecule has 1 aromatic carbocycles. The maximum absolute atomic E-state index is 11.6. The molecular formula is C21H26N2O4. The van der Waals surface area contributed by atoms with Crippen LogP contribution in [-0.2, 0) is 4.79 Å². The van der Waals surface area contributed by atoms with E-state index < -0.39 is 5.97 Å². The molecular weight excluding hydrogens is 344 g/mol. The SMILES string of the molecule is COc1ccc(C(c2ncccc2C)N2CCCC(C(=O)O)C2)c(OC)c1. The fourth-order valence-corrected chi connectivity index (χ4v) is 3.79. The van der Waals surface area contributed by atoms with E-state index in [-0.39, 0.29) is 12.0 Å². The number of aliphatic carboxylic acids is 1. The van der Waals surface area contributed by atoms with Gasteiger partial charge in [-0.1, -0.05) is 6.07 Å². The summed E-state index contributed by atoms with van der Waals surface area (Å²) >= 11 is 0. The molecule has 6 heteroatoms. The number of carboxylic acid groups (broad SMARTS) is 1. The second kappa shape index (κ2) is 8.39. The zero-order chi connectivity index (χ0) is 19.4. The van der Waals surface area contributed by atoms with Gasteiger partial charge in [-0.3, -0.25) is 14.7 Å². The summed E-state index contributed by atoms with van der Waals surface area (Å²) in [6, 6.07) is 9.53. The zero-order valence-electron chi connectivity index (χ0n) is 16.0. The molecule has 1 aliphatic rings. The van der Waals surface area contributed by atoms with Gasteiger partial charge in [-0.15, -0.1) is 0 Å². The Morgan fingerprint density at radius 1 is 1.30 bits per heavy atom. The Morgan fingerprint density at radius 3 is 2.78 bits per heavy atom. The summed E-state index contributed by atoms with van der Waals surface area (Å²) in [6.07, 6.45) is 3.33. The standard InChI is InChI=1S/C21H26N2O4/c1-14-6-4-10-22-19(14)20(23-11-5-7-15(13-23)21(24)25)17-9-8-16(26-2)12-18(17)27-3/h4,6,8-10,12,15,20H,5,7,11,13H2,1-3H3,(H,24,25). The zero-order valence-corrected chi connectivity index (χ0v) is 16.0. The predicted octanol–water partition coefficient (Wildman–Crippen LogP) is 3.29. The first kappa shape index (κ1) is 19.2. The molecule has 1 N–H and O–H groups in total. The largest absolute Gasteiger partial charge is 0.497 e. The van der Waals surface area contributed by atoms with E-state index in [1.54, 1.807) is 20.4 Å². The number of likely N-dealkylation sites (tertiary alicyclic amines) is 1. The Bertz CT molecular complexity index is 809. The van der Waals surface area contributed by atoms with Gasteiger partial charge in [0.25, 0.3) is 0 Å². The molecule has 144 valence electrons. The van der Waals surface area contributed by atoms with E-state index >= 15 is 0 Å². The van der Waals surface area contributed by atoms with E-state index in [1.165, 1.54) is 0 Å². The van der Waals surface area contributed by atoms with Crippen LogP contribution in [0.3, 0.4) is 0 Å². The molecule has 0 spiro atoms. The van der Waals surface area contributed by atoms with Gasteiger partial charge in [0, 0.05) is 24.4 Å². The van der Waals surface area contributed by atoms with Crippen molar-refractivity contribution < 1.29 is 19.4 Å². The van der Waals surface area contributed by atoms with E-state index in [9.17, 15) is 9.90 Å². The lowest BCUT2D eigenvalue weighted by Gasteiger charge is -2.38. The molecule has 2 atom stereocenters. The summed E-state index contributed by atoms with van der Waals surface area (Å²) in [5.74, 6) is 0.323. The van der Waals surface area contributed by atoms with Gasteiger partial charge in [0.1, 0.15) is 11.5 Å². The highest BCUT2D eigenvalue weighted by Crippen LogP contribution is 2.39. The molecule has 2 aromatic rings. The Hall–Kier alpha value is -2.60. The summed E-state index contributed by atoms with van der Waals surface area (Å²) < 4.78 is 11.0. The normalized spacial score (nSPS) is 18.7. The Balaban J connectivity index is 2.09. The molecule has 1 saturated heterocycles. The van der Waals surface area contributed by atoms with Crippen molar-refractivity contribution >= 4 is 5.97 Å². The number of carbonyl (C=O) groups is 1. The lowest BCUT2D eigenvalue weighted by atomic mass is 9.91. The smallest absolute Gasteiger partial charge is 0.307 e. The quantitative estimate of drug-likeness (QED) is 0.841. The molecule has 3 rings (SSSR count). The van der Waals surface area contributed by atoms with Crippen LogP contribution in [-0.4, -0.2) is 48.3 Å². The number of piperidine rings is 1. The van der Waals surface area contributed by atoms with Crippen molar-refractivity contribution in [1.29, 1.82) is 0 Å². The van der Waals surface area contributed by atoms with Crippen LogP contribution in [0.5, 0.6) is 11.5 Å². The number of nitrogens with zero attached hydrogens (tertiary/aromatic N) is 2. The summed E-state index contributed by atoms with van der Waals surface area (Å²) in [5.41, 5.74) is 2.95. The van der Waals surface area contributed by atoms with Crippen LogP contribution in [0.1, 0.15) is 35.7 Å². The molecule has 0 bridgehead atoms. The van der Waals surface area contributed by atoms with E-state index in [0.29, 0.717) is 24.5 Å². The first-order chi connectivity index (χ1) is 13.0. The fraction of sp³-hybridized carbons (Fsp3) is 0.429. The minimum Gasteiger partial charge on any atom is -0.497 e. The number of hydrogen-bond donors (Lipinski definition) is 1. The van der Waals surface area contributed by atoms with Crippen molar-refractivity contribution in [2.45, 2.75) is 25.8 Å². The number of hydrogen-bond acceptors (Lipinski definition) is 5. The molecule has 27 heavy (non-hydrogen) atoms. The van der Waals surface area contributed by atoms with Crippen LogP contribution >= 0.6 is 0 Å².